The van der Waals surface area contributed by atoms with E-state index in [0.29, 0.717) is 0 Å². The molecule has 0 aliphatic rings. The molecular formula is C23H31N. The molecule has 2 aromatic rings. The van der Waals surface area contributed by atoms with E-state index >= 15 is 0 Å². The number of hydrogen-bond donors (Lipinski definition) is 0. The molecule has 0 saturated heterocycles. The van der Waals surface area contributed by atoms with E-state index in [1.165, 1.54) is 27.7 Å². The number of rotatable bonds is 4. The second-order valence-electron chi connectivity index (χ2n) is 4.74. The van der Waals surface area contributed by atoms with Gasteiger partial charge in [-0.3, -0.25) is 0 Å². The highest BCUT2D eigenvalue weighted by Gasteiger charge is 2.11. The third-order valence-corrected chi connectivity index (χ3v) is 3.68. The quantitative estimate of drug-likeness (QED) is 0.412. The summed E-state index contributed by atoms with van der Waals surface area (Å²) in [6, 6.07) is 6.53. The fraction of sp³-hybridized carbons (Fsp3) is 0.217. The van der Waals surface area contributed by atoms with Crippen LogP contribution in [0.25, 0.3) is 28.6 Å². The lowest BCUT2D eigenvalue weighted by Crippen LogP contribution is -1.91. The van der Waals surface area contributed by atoms with Crippen molar-refractivity contribution in [3.05, 3.63) is 79.6 Å². The van der Waals surface area contributed by atoms with Crippen LogP contribution in [-0.4, -0.2) is 4.57 Å². The highest BCUT2D eigenvalue weighted by Crippen LogP contribution is 2.30. The molecule has 1 heterocycles. The van der Waals surface area contributed by atoms with E-state index in [2.05, 4.69) is 74.4 Å². The molecule has 0 spiro atoms. The minimum Gasteiger partial charge on any atom is -0.344 e. The predicted molar refractivity (Wildman–Crippen MR) is 114 cm³/mol. The molecule has 2 rings (SSSR count). The third kappa shape index (κ3) is 4.26. The van der Waals surface area contributed by atoms with Crippen molar-refractivity contribution in [1.82, 2.24) is 4.57 Å². The lowest BCUT2D eigenvalue weighted by atomic mass is 10.0. The van der Waals surface area contributed by atoms with E-state index < -0.39 is 0 Å². The molecule has 1 heteroatoms. The Hall–Kier alpha value is -2.54. The van der Waals surface area contributed by atoms with Gasteiger partial charge in [0.2, 0.25) is 0 Å². The van der Waals surface area contributed by atoms with Crippen molar-refractivity contribution in [3.63, 3.8) is 0 Å². The minimum atomic E-state index is 1.15. The first-order valence-corrected chi connectivity index (χ1v) is 8.34. The van der Waals surface area contributed by atoms with Crippen LogP contribution < -0.4 is 0 Å². The zero-order valence-corrected chi connectivity index (χ0v) is 15.9. The molecule has 128 valence electrons. The van der Waals surface area contributed by atoms with Crippen LogP contribution in [0.5, 0.6) is 0 Å². The molecule has 0 bridgehead atoms. The van der Waals surface area contributed by atoms with Crippen LogP contribution in [-0.2, 0) is 7.05 Å². The maximum Gasteiger partial charge on any atom is 0.0494 e. The summed E-state index contributed by atoms with van der Waals surface area (Å²) in [5, 5.41) is 1.24. The Morgan fingerprint density at radius 1 is 1.08 bits per heavy atom. The number of hydrogen-bond acceptors (Lipinski definition) is 0. The third-order valence-electron chi connectivity index (χ3n) is 3.68. The zero-order chi connectivity index (χ0) is 18.7. The Morgan fingerprint density at radius 2 is 1.71 bits per heavy atom. The van der Waals surface area contributed by atoms with Crippen LogP contribution in [0.3, 0.4) is 0 Å². The largest absolute Gasteiger partial charge is 0.344 e. The molecule has 1 aromatic carbocycles. The van der Waals surface area contributed by atoms with E-state index in [1.807, 2.05) is 39.8 Å². The van der Waals surface area contributed by atoms with Gasteiger partial charge in [-0.15, -0.1) is 13.2 Å². The molecule has 0 aliphatic heterocycles. The van der Waals surface area contributed by atoms with Gasteiger partial charge >= 0.3 is 0 Å². The summed E-state index contributed by atoms with van der Waals surface area (Å²) in [6.07, 6.45) is 10.1. The van der Waals surface area contributed by atoms with Crippen molar-refractivity contribution in [3.8, 4) is 0 Å². The van der Waals surface area contributed by atoms with Crippen LogP contribution in [0.2, 0.25) is 0 Å². The topological polar surface area (TPSA) is 4.93 Å². The summed E-state index contributed by atoms with van der Waals surface area (Å²) in [7, 11) is 2.09. The van der Waals surface area contributed by atoms with Crippen LogP contribution in [0.4, 0.5) is 0 Å². The first-order valence-electron chi connectivity index (χ1n) is 8.34. The smallest absolute Gasteiger partial charge is 0.0494 e. The van der Waals surface area contributed by atoms with E-state index in [9.17, 15) is 0 Å². The fourth-order valence-corrected chi connectivity index (χ4v) is 2.64. The predicted octanol–water partition coefficient (Wildman–Crippen LogP) is 7.27. The maximum absolute atomic E-state index is 3.95. The van der Waals surface area contributed by atoms with Crippen LogP contribution >= 0.6 is 0 Å². The zero-order valence-electron chi connectivity index (χ0n) is 15.9. The monoisotopic (exact) mass is 321 g/mol. The summed E-state index contributed by atoms with van der Waals surface area (Å²) in [6.45, 7) is 21.9. The van der Waals surface area contributed by atoms with E-state index in [0.717, 1.165) is 5.57 Å². The Balaban J connectivity index is 0.00000123. The summed E-state index contributed by atoms with van der Waals surface area (Å²) >= 11 is 0. The standard InChI is InChI=1S/C19H21N.C2H6.C2H4/c1-6-10-18-16(9-4)17-12-11-15(14(7-2)8-3)13-19(17)20(18)5;2*1-2/h6-13H,2,4H2,1,3,5H3;1-2H3;1-2H2/b10-6-,14-8+;;. The molecule has 0 unspecified atom stereocenters. The van der Waals surface area contributed by atoms with Crippen LogP contribution in [0, 0.1) is 0 Å². The summed E-state index contributed by atoms with van der Waals surface area (Å²) < 4.78 is 2.21. The van der Waals surface area contributed by atoms with Crippen LogP contribution in [0.15, 0.2) is 62.7 Å². The van der Waals surface area contributed by atoms with Gasteiger partial charge in [-0.05, 0) is 37.1 Å². The number of aromatic nitrogens is 1. The van der Waals surface area contributed by atoms with Gasteiger partial charge < -0.3 is 4.57 Å². The molecule has 0 saturated carbocycles. The number of nitrogens with zero attached hydrogens (tertiary/aromatic N) is 1. The second-order valence-corrected chi connectivity index (χ2v) is 4.74. The summed E-state index contributed by atoms with van der Waals surface area (Å²) in [5.74, 6) is 0. The average molecular weight is 322 g/mol. The molecule has 0 radical (unpaired) electrons. The first-order chi connectivity index (χ1) is 11.7. The SMILES string of the molecule is C=C.C=C/C(=C\C)c1ccc2c(C=C)c(/C=C\C)n(C)c2c1.CC. The molecule has 0 fully saturated rings. The number of allylic oxidation sites excluding steroid dienone is 4. The molecule has 1 aromatic heterocycles. The van der Waals surface area contributed by atoms with E-state index in [4.69, 9.17) is 0 Å². The normalized spacial score (nSPS) is 10.6. The van der Waals surface area contributed by atoms with E-state index in [-0.39, 0.29) is 0 Å². The van der Waals surface area contributed by atoms with Crippen molar-refractivity contribution < 1.29 is 0 Å². The van der Waals surface area contributed by atoms with E-state index in [1.54, 1.807) is 0 Å². The molecule has 24 heavy (non-hydrogen) atoms. The van der Waals surface area contributed by atoms with Gasteiger partial charge in [-0.2, -0.15) is 0 Å². The maximum atomic E-state index is 3.95. The number of benzene rings is 1. The Morgan fingerprint density at radius 3 is 2.17 bits per heavy atom. The molecule has 1 nitrogen and oxygen atoms in total. The van der Waals surface area contributed by atoms with Crippen molar-refractivity contribution in [2.45, 2.75) is 27.7 Å². The van der Waals surface area contributed by atoms with Gasteiger partial charge in [0.05, 0.1) is 0 Å². The van der Waals surface area contributed by atoms with Crippen molar-refractivity contribution in [2.24, 2.45) is 7.05 Å². The molecule has 0 N–H and O–H groups in total. The second kappa shape index (κ2) is 11.1. The molecule has 0 aliphatic carbocycles. The van der Waals surface area contributed by atoms with Crippen molar-refractivity contribution >= 4 is 28.6 Å². The van der Waals surface area contributed by atoms with Gasteiger partial charge in [0.15, 0.2) is 0 Å². The van der Waals surface area contributed by atoms with Gasteiger partial charge in [-0.25, -0.2) is 0 Å². The summed E-state index contributed by atoms with van der Waals surface area (Å²) in [4.78, 5) is 0. The number of aryl methyl sites for hydroxylation is 1. The number of fused-ring (bicyclic) bond motifs is 1. The Labute approximate surface area is 148 Å². The Kier molecular flexibility index (Phi) is 9.90. The lowest BCUT2D eigenvalue weighted by Gasteiger charge is -2.04. The average Bonchev–Trinajstić information content (AvgIpc) is 2.91. The van der Waals surface area contributed by atoms with Gasteiger partial charge in [0.25, 0.3) is 0 Å². The van der Waals surface area contributed by atoms with Gasteiger partial charge in [-0.1, -0.05) is 63.4 Å². The summed E-state index contributed by atoms with van der Waals surface area (Å²) in [5.41, 5.74) is 5.94. The van der Waals surface area contributed by atoms with Crippen LogP contribution in [0.1, 0.15) is 44.5 Å². The van der Waals surface area contributed by atoms with Crippen molar-refractivity contribution in [1.29, 1.82) is 0 Å². The van der Waals surface area contributed by atoms with Crippen molar-refractivity contribution in [2.75, 3.05) is 0 Å². The lowest BCUT2D eigenvalue weighted by molar-refractivity contribution is 0.953. The fourth-order valence-electron chi connectivity index (χ4n) is 2.64. The highest BCUT2D eigenvalue weighted by atomic mass is 14.9. The molecule has 0 atom stereocenters. The van der Waals surface area contributed by atoms with Gasteiger partial charge in [0.1, 0.15) is 0 Å². The first kappa shape index (κ1) is 21.5. The highest BCUT2D eigenvalue weighted by molar-refractivity contribution is 5.95. The Bertz CT molecular complexity index is 739. The van der Waals surface area contributed by atoms with Gasteiger partial charge in [0, 0.05) is 29.2 Å². The molecular weight excluding hydrogens is 290 g/mol. The molecule has 0 amide bonds. The minimum absolute atomic E-state index is 1.15.